The van der Waals surface area contributed by atoms with Crippen molar-refractivity contribution >= 4 is 52.1 Å². The van der Waals surface area contributed by atoms with E-state index in [4.69, 9.17) is 27.9 Å². The topological polar surface area (TPSA) is 67.8 Å². The van der Waals surface area contributed by atoms with Gasteiger partial charge in [-0.25, -0.2) is 10.2 Å². The lowest BCUT2D eigenvalue weighted by Gasteiger charge is -2.06. The van der Waals surface area contributed by atoms with Crippen LogP contribution in [0.3, 0.4) is 0 Å². The summed E-state index contributed by atoms with van der Waals surface area (Å²) in [5.74, 6) is -0.449. The maximum Gasteiger partial charge on any atom is 0.345 e. The van der Waals surface area contributed by atoms with Crippen LogP contribution < -0.4 is 10.2 Å². The number of hydrazone groups is 1. The Balaban J connectivity index is 1.33. The lowest BCUT2D eigenvalue weighted by Crippen LogP contribution is -2.19. The van der Waals surface area contributed by atoms with Crippen LogP contribution in [0.15, 0.2) is 90.0 Å². The van der Waals surface area contributed by atoms with Gasteiger partial charge in [-0.15, -0.1) is 0 Å². The first-order valence-electron chi connectivity index (χ1n) is 10.1. The van der Waals surface area contributed by atoms with E-state index in [2.05, 4.69) is 10.5 Å². The summed E-state index contributed by atoms with van der Waals surface area (Å²) < 4.78 is 5.34. The zero-order valence-corrected chi connectivity index (χ0v) is 18.8. The summed E-state index contributed by atoms with van der Waals surface area (Å²) in [5.41, 5.74) is 4.43. The smallest absolute Gasteiger partial charge is 0.345 e. The standard InChI is InChI=1S/C26H18Cl2N2O3/c27-20-10-13-23(24(28)15-20)26(32)33-21-11-8-17(9-12-21)16-29-30-25(31)14-19-6-3-5-18-4-1-2-7-22(18)19/h1-13,15-16H,14H2,(H,30,31)/b29-16+. The normalized spacial score (nSPS) is 11.0. The highest BCUT2D eigenvalue weighted by atomic mass is 35.5. The largest absolute Gasteiger partial charge is 0.423 e. The van der Waals surface area contributed by atoms with Gasteiger partial charge in [0.15, 0.2) is 0 Å². The monoisotopic (exact) mass is 476 g/mol. The first-order valence-corrected chi connectivity index (χ1v) is 10.8. The minimum Gasteiger partial charge on any atom is -0.423 e. The molecular weight excluding hydrogens is 459 g/mol. The van der Waals surface area contributed by atoms with Crippen LogP contribution >= 0.6 is 23.2 Å². The third-order valence-electron chi connectivity index (χ3n) is 4.88. The van der Waals surface area contributed by atoms with Crippen LogP contribution in [0.25, 0.3) is 10.8 Å². The van der Waals surface area contributed by atoms with E-state index in [0.717, 1.165) is 21.9 Å². The molecule has 0 spiro atoms. The summed E-state index contributed by atoms with van der Waals surface area (Å²) in [6.07, 6.45) is 1.74. The Bertz CT molecular complexity index is 1350. The van der Waals surface area contributed by atoms with Gasteiger partial charge >= 0.3 is 5.97 Å². The summed E-state index contributed by atoms with van der Waals surface area (Å²) in [5, 5.41) is 6.80. The predicted octanol–water partition coefficient (Wildman–Crippen LogP) is 6.06. The average molecular weight is 477 g/mol. The number of rotatable bonds is 6. The highest BCUT2D eigenvalue weighted by Gasteiger charge is 2.13. The Hall–Kier alpha value is -3.67. The number of nitrogens with zero attached hydrogens (tertiary/aromatic N) is 1. The van der Waals surface area contributed by atoms with E-state index >= 15 is 0 Å². The van der Waals surface area contributed by atoms with Crippen LogP contribution in [0.4, 0.5) is 0 Å². The SMILES string of the molecule is O=C(Cc1cccc2ccccc12)N/N=C/c1ccc(OC(=O)c2ccc(Cl)cc2Cl)cc1. The van der Waals surface area contributed by atoms with Crippen LogP contribution in [-0.2, 0) is 11.2 Å². The number of esters is 1. The summed E-state index contributed by atoms with van der Waals surface area (Å²) in [6.45, 7) is 0. The highest BCUT2D eigenvalue weighted by molar-refractivity contribution is 6.36. The molecule has 0 aliphatic rings. The molecule has 0 saturated heterocycles. The number of hydrogen-bond acceptors (Lipinski definition) is 4. The quantitative estimate of drug-likeness (QED) is 0.159. The van der Waals surface area contributed by atoms with Crippen molar-refractivity contribution < 1.29 is 14.3 Å². The number of fused-ring (bicyclic) bond motifs is 1. The number of carbonyl (C=O) groups excluding carboxylic acids is 2. The van der Waals surface area contributed by atoms with Crippen molar-refractivity contribution in [2.24, 2.45) is 5.10 Å². The molecule has 0 bridgehead atoms. The van der Waals surface area contributed by atoms with E-state index in [9.17, 15) is 9.59 Å². The van der Waals surface area contributed by atoms with Gasteiger partial charge in [0, 0.05) is 5.02 Å². The highest BCUT2D eigenvalue weighted by Crippen LogP contribution is 2.23. The fourth-order valence-corrected chi connectivity index (χ4v) is 3.76. The molecule has 4 rings (SSSR count). The molecule has 0 saturated carbocycles. The Morgan fingerprint density at radius 3 is 2.45 bits per heavy atom. The van der Waals surface area contributed by atoms with Crippen molar-refractivity contribution in [2.75, 3.05) is 0 Å². The molecule has 4 aromatic rings. The van der Waals surface area contributed by atoms with Crippen molar-refractivity contribution in [1.29, 1.82) is 0 Å². The molecule has 0 atom stereocenters. The van der Waals surface area contributed by atoms with Crippen molar-refractivity contribution in [3.05, 3.63) is 112 Å². The van der Waals surface area contributed by atoms with Gasteiger partial charge in [0.1, 0.15) is 5.75 Å². The second kappa shape index (κ2) is 10.3. The molecule has 0 heterocycles. The molecule has 1 amide bonds. The fraction of sp³-hybridized carbons (Fsp3) is 0.0385. The van der Waals surface area contributed by atoms with Crippen LogP contribution in [0.2, 0.25) is 10.0 Å². The fourth-order valence-electron chi connectivity index (χ4n) is 3.28. The summed E-state index contributed by atoms with van der Waals surface area (Å²) in [6, 6.07) is 25.0. The Morgan fingerprint density at radius 1 is 0.909 bits per heavy atom. The Morgan fingerprint density at radius 2 is 1.67 bits per heavy atom. The van der Waals surface area contributed by atoms with Gasteiger partial charge in [-0.05, 0) is 64.4 Å². The average Bonchev–Trinajstić information content (AvgIpc) is 2.80. The van der Waals surface area contributed by atoms with Gasteiger partial charge in [-0.3, -0.25) is 4.79 Å². The van der Waals surface area contributed by atoms with Gasteiger partial charge in [0.05, 0.1) is 23.2 Å². The molecule has 0 unspecified atom stereocenters. The van der Waals surface area contributed by atoms with Crippen LogP contribution in [0.1, 0.15) is 21.5 Å². The minimum absolute atomic E-state index is 0.215. The van der Waals surface area contributed by atoms with E-state index in [1.807, 2.05) is 42.5 Å². The summed E-state index contributed by atoms with van der Waals surface area (Å²) in [7, 11) is 0. The molecule has 4 aromatic carbocycles. The molecular formula is C26H18Cl2N2O3. The number of nitrogens with one attached hydrogen (secondary N) is 1. The third-order valence-corrected chi connectivity index (χ3v) is 5.42. The maximum atomic E-state index is 12.3. The number of hydrogen-bond donors (Lipinski definition) is 1. The van der Waals surface area contributed by atoms with Crippen molar-refractivity contribution in [1.82, 2.24) is 5.43 Å². The Kier molecular flexibility index (Phi) is 7.03. The Labute approximate surface area is 200 Å². The van der Waals surface area contributed by atoms with E-state index in [0.29, 0.717) is 10.8 Å². The van der Waals surface area contributed by atoms with Gasteiger partial charge in [0.2, 0.25) is 5.91 Å². The van der Waals surface area contributed by atoms with Gasteiger partial charge in [0.25, 0.3) is 0 Å². The first kappa shape index (κ1) is 22.5. The van der Waals surface area contributed by atoms with Gasteiger partial charge in [-0.1, -0.05) is 65.7 Å². The number of halogens is 2. The van der Waals surface area contributed by atoms with Gasteiger partial charge in [-0.2, -0.15) is 5.10 Å². The second-order valence-corrected chi connectivity index (χ2v) is 8.03. The predicted molar refractivity (Wildman–Crippen MR) is 131 cm³/mol. The van der Waals surface area contributed by atoms with E-state index in [1.165, 1.54) is 18.3 Å². The second-order valence-electron chi connectivity index (χ2n) is 7.19. The lowest BCUT2D eigenvalue weighted by atomic mass is 10.0. The molecule has 164 valence electrons. The number of benzene rings is 4. The van der Waals surface area contributed by atoms with Crippen LogP contribution in [0, 0.1) is 0 Å². The van der Waals surface area contributed by atoms with E-state index < -0.39 is 5.97 Å². The van der Waals surface area contributed by atoms with Crippen molar-refractivity contribution in [2.45, 2.75) is 6.42 Å². The van der Waals surface area contributed by atoms with Crippen molar-refractivity contribution in [3.63, 3.8) is 0 Å². The number of carbonyl (C=O) groups is 2. The molecule has 33 heavy (non-hydrogen) atoms. The zero-order valence-electron chi connectivity index (χ0n) is 17.3. The first-order chi connectivity index (χ1) is 16.0. The molecule has 0 aliphatic heterocycles. The minimum atomic E-state index is -0.584. The van der Waals surface area contributed by atoms with E-state index in [1.54, 1.807) is 30.3 Å². The molecule has 7 heteroatoms. The summed E-state index contributed by atoms with van der Waals surface area (Å²) in [4.78, 5) is 24.6. The summed E-state index contributed by atoms with van der Waals surface area (Å²) >= 11 is 11.9. The maximum absolute atomic E-state index is 12.3. The molecule has 0 fully saturated rings. The number of ether oxygens (including phenoxy) is 1. The third kappa shape index (κ3) is 5.77. The molecule has 0 aromatic heterocycles. The van der Waals surface area contributed by atoms with Crippen LogP contribution in [-0.4, -0.2) is 18.1 Å². The molecule has 1 N–H and O–H groups in total. The van der Waals surface area contributed by atoms with Gasteiger partial charge < -0.3 is 4.74 Å². The van der Waals surface area contributed by atoms with Crippen LogP contribution in [0.5, 0.6) is 5.75 Å². The van der Waals surface area contributed by atoms with E-state index in [-0.39, 0.29) is 22.9 Å². The zero-order chi connectivity index (χ0) is 23.2. The molecule has 0 aliphatic carbocycles. The lowest BCUT2D eigenvalue weighted by molar-refractivity contribution is -0.120. The molecule has 0 radical (unpaired) electrons. The van der Waals surface area contributed by atoms with Crippen molar-refractivity contribution in [3.8, 4) is 5.75 Å². The number of amides is 1. The molecule has 5 nitrogen and oxygen atoms in total.